The van der Waals surface area contributed by atoms with Crippen LogP contribution in [0.25, 0.3) is 33.6 Å². The van der Waals surface area contributed by atoms with Crippen LogP contribution in [0.3, 0.4) is 0 Å². The van der Waals surface area contributed by atoms with Gasteiger partial charge in [0.15, 0.2) is 0 Å². The fourth-order valence-electron chi connectivity index (χ4n) is 5.55. The van der Waals surface area contributed by atoms with Gasteiger partial charge in [0.25, 0.3) is 0 Å². The molecule has 2 aliphatic rings. The maximum absolute atomic E-state index is 11.5. The number of hydrogen-bond donors (Lipinski definition) is 3. The zero-order valence-corrected chi connectivity index (χ0v) is 26.7. The van der Waals surface area contributed by atoms with Crippen molar-refractivity contribution in [1.29, 1.82) is 0 Å². The van der Waals surface area contributed by atoms with Gasteiger partial charge < -0.3 is 25.4 Å². The number of aromatic nitrogens is 4. The molecule has 1 saturated carbocycles. The summed E-state index contributed by atoms with van der Waals surface area (Å²) in [6.45, 7) is 1.69. The van der Waals surface area contributed by atoms with Gasteiger partial charge in [0, 0.05) is 60.4 Å². The quantitative estimate of drug-likeness (QED) is 0.180. The van der Waals surface area contributed by atoms with Crippen LogP contribution < -0.4 is 25.4 Å². The predicted molar refractivity (Wildman–Crippen MR) is 174 cm³/mol. The van der Waals surface area contributed by atoms with Gasteiger partial charge in [-0.2, -0.15) is 0 Å². The van der Waals surface area contributed by atoms with Crippen molar-refractivity contribution in [3.63, 3.8) is 0 Å². The van der Waals surface area contributed by atoms with E-state index in [2.05, 4.69) is 25.9 Å². The SMILES string of the molecule is COc1nc(-c2cccc(-c3cccc(-c4cnc(CNC5CCC5)c(OC)n4)c3Cl)c2Cl)cnc1CNCC1CCC(=O)N1. The molecule has 12 heteroatoms. The Morgan fingerprint density at radius 2 is 1.38 bits per heavy atom. The Kier molecular flexibility index (Phi) is 9.75. The zero-order chi connectivity index (χ0) is 31.3. The van der Waals surface area contributed by atoms with Gasteiger partial charge in [0.05, 0.1) is 48.0 Å². The molecule has 2 fully saturated rings. The number of benzene rings is 2. The number of nitrogens with one attached hydrogen (secondary N) is 3. The third-order valence-corrected chi connectivity index (χ3v) is 9.10. The Bertz CT molecular complexity index is 1700. The number of carbonyl (C=O) groups is 1. The monoisotopic (exact) mass is 647 g/mol. The highest BCUT2D eigenvalue weighted by atomic mass is 35.5. The smallest absolute Gasteiger partial charge is 0.237 e. The average molecular weight is 649 g/mol. The van der Waals surface area contributed by atoms with E-state index in [1.807, 2.05) is 36.4 Å². The minimum atomic E-state index is 0.0886. The van der Waals surface area contributed by atoms with E-state index in [0.717, 1.165) is 28.8 Å². The minimum Gasteiger partial charge on any atom is -0.480 e. The van der Waals surface area contributed by atoms with Crippen LogP contribution >= 0.6 is 23.2 Å². The lowest BCUT2D eigenvalue weighted by molar-refractivity contribution is -0.119. The van der Waals surface area contributed by atoms with Crippen LogP contribution in [0.4, 0.5) is 0 Å². The normalized spacial score (nSPS) is 16.4. The number of hydrogen-bond acceptors (Lipinski definition) is 9. The van der Waals surface area contributed by atoms with Crippen molar-refractivity contribution in [3.05, 3.63) is 70.2 Å². The summed E-state index contributed by atoms with van der Waals surface area (Å²) in [6.07, 6.45) is 8.43. The summed E-state index contributed by atoms with van der Waals surface area (Å²) in [4.78, 5) is 30.2. The molecule has 1 unspecified atom stereocenters. The third kappa shape index (κ3) is 6.89. The molecule has 0 radical (unpaired) electrons. The second-order valence-electron chi connectivity index (χ2n) is 11.2. The first-order valence-electron chi connectivity index (χ1n) is 15.1. The molecule has 234 valence electrons. The number of ether oxygens (including phenoxy) is 2. The summed E-state index contributed by atoms with van der Waals surface area (Å²) >= 11 is 14.1. The van der Waals surface area contributed by atoms with E-state index >= 15 is 0 Å². The third-order valence-electron chi connectivity index (χ3n) is 8.28. The summed E-state index contributed by atoms with van der Waals surface area (Å²) in [5.74, 6) is 0.957. The van der Waals surface area contributed by atoms with Crippen LogP contribution in [0.15, 0.2) is 48.8 Å². The fourth-order valence-corrected chi connectivity index (χ4v) is 6.20. The molecular formula is C33H35Cl2N7O3. The zero-order valence-electron chi connectivity index (χ0n) is 25.2. The first-order chi connectivity index (χ1) is 21.9. The van der Waals surface area contributed by atoms with Crippen molar-refractivity contribution in [1.82, 2.24) is 35.9 Å². The van der Waals surface area contributed by atoms with Crippen LogP contribution in [0, 0.1) is 0 Å². The lowest BCUT2D eigenvalue weighted by Crippen LogP contribution is -2.35. The molecule has 1 atom stereocenters. The number of halogens is 2. The van der Waals surface area contributed by atoms with E-state index in [1.165, 1.54) is 19.3 Å². The average Bonchev–Trinajstić information content (AvgIpc) is 3.45. The summed E-state index contributed by atoms with van der Waals surface area (Å²) in [7, 11) is 3.16. The highest BCUT2D eigenvalue weighted by molar-refractivity contribution is 6.39. The second-order valence-corrected chi connectivity index (χ2v) is 12.0. The Morgan fingerprint density at radius 3 is 1.87 bits per heavy atom. The molecule has 1 saturated heterocycles. The van der Waals surface area contributed by atoms with E-state index in [0.29, 0.717) is 76.5 Å². The lowest BCUT2D eigenvalue weighted by atomic mass is 9.93. The van der Waals surface area contributed by atoms with E-state index < -0.39 is 0 Å². The van der Waals surface area contributed by atoms with E-state index in [9.17, 15) is 4.79 Å². The highest BCUT2D eigenvalue weighted by Gasteiger charge is 2.22. The van der Waals surface area contributed by atoms with Gasteiger partial charge in [0.1, 0.15) is 11.4 Å². The molecule has 45 heavy (non-hydrogen) atoms. The molecule has 2 aromatic heterocycles. The summed E-state index contributed by atoms with van der Waals surface area (Å²) < 4.78 is 11.2. The first kappa shape index (κ1) is 31.2. The van der Waals surface area contributed by atoms with Gasteiger partial charge in [-0.1, -0.05) is 66.0 Å². The number of rotatable bonds is 12. The molecule has 4 aromatic rings. The summed E-state index contributed by atoms with van der Waals surface area (Å²) in [5.41, 5.74) is 5.50. The van der Waals surface area contributed by atoms with Crippen molar-refractivity contribution in [2.75, 3.05) is 20.8 Å². The predicted octanol–water partition coefficient (Wildman–Crippen LogP) is 5.60. The molecule has 1 aliphatic carbocycles. The molecule has 3 heterocycles. The van der Waals surface area contributed by atoms with Crippen molar-refractivity contribution >= 4 is 29.1 Å². The van der Waals surface area contributed by atoms with Crippen molar-refractivity contribution in [3.8, 4) is 45.4 Å². The Labute approximate surface area is 272 Å². The van der Waals surface area contributed by atoms with Gasteiger partial charge in [0.2, 0.25) is 17.7 Å². The highest BCUT2D eigenvalue weighted by Crippen LogP contribution is 2.42. The van der Waals surface area contributed by atoms with Crippen molar-refractivity contribution < 1.29 is 14.3 Å². The second kappa shape index (κ2) is 14.1. The van der Waals surface area contributed by atoms with Crippen LogP contribution in [0.1, 0.15) is 43.5 Å². The number of amides is 1. The van der Waals surface area contributed by atoms with Crippen LogP contribution in [-0.2, 0) is 17.9 Å². The van der Waals surface area contributed by atoms with Crippen LogP contribution in [0.5, 0.6) is 11.8 Å². The number of carbonyl (C=O) groups excluding carboxylic acids is 1. The maximum Gasteiger partial charge on any atom is 0.237 e. The van der Waals surface area contributed by atoms with Crippen molar-refractivity contribution in [2.24, 2.45) is 0 Å². The van der Waals surface area contributed by atoms with E-state index in [1.54, 1.807) is 26.6 Å². The number of nitrogens with zero attached hydrogens (tertiary/aromatic N) is 4. The molecule has 3 N–H and O–H groups in total. The molecule has 1 amide bonds. The van der Waals surface area contributed by atoms with Gasteiger partial charge in [-0.25, -0.2) is 9.97 Å². The van der Waals surface area contributed by atoms with Gasteiger partial charge in [-0.3, -0.25) is 14.8 Å². The molecule has 0 spiro atoms. The molecule has 1 aliphatic heterocycles. The molecule has 2 aromatic carbocycles. The summed E-state index contributed by atoms with van der Waals surface area (Å²) in [6, 6.07) is 12.1. The van der Waals surface area contributed by atoms with Crippen molar-refractivity contribution in [2.45, 2.75) is 57.3 Å². The Hall–Kier alpha value is -3.83. The summed E-state index contributed by atoms with van der Waals surface area (Å²) in [5, 5.41) is 10.8. The van der Waals surface area contributed by atoms with Gasteiger partial charge >= 0.3 is 0 Å². The van der Waals surface area contributed by atoms with Gasteiger partial charge in [-0.15, -0.1) is 0 Å². The minimum absolute atomic E-state index is 0.0886. The standard InChI is InChI=1S/C33H35Cl2N7O3/c1-44-32-27(15-36-14-20-12-13-29(43)40-20)38-16-25(41-32)23-10-4-8-21(30(23)34)22-9-5-11-24(31(22)35)26-17-39-28(33(42-26)45-2)18-37-19-6-3-7-19/h4-5,8-11,16-17,19-20,36-37H,3,6-7,12-15,18H2,1-2H3,(H,40,43). The number of methoxy groups -OCH3 is 2. The van der Waals surface area contributed by atoms with E-state index in [4.69, 9.17) is 42.6 Å². The molecule has 6 rings (SSSR count). The topological polar surface area (TPSA) is 123 Å². The van der Waals surface area contributed by atoms with Gasteiger partial charge in [-0.05, 0) is 19.3 Å². The molecular weight excluding hydrogens is 613 g/mol. The fraction of sp³-hybridized carbons (Fsp3) is 0.364. The molecule has 0 bridgehead atoms. The lowest BCUT2D eigenvalue weighted by Gasteiger charge is -2.26. The van der Waals surface area contributed by atoms with Crippen LogP contribution in [0.2, 0.25) is 10.0 Å². The largest absolute Gasteiger partial charge is 0.480 e. The maximum atomic E-state index is 11.5. The Morgan fingerprint density at radius 1 is 0.822 bits per heavy atom. The molecule has 10 nitrogen and oxygen atoms in total. The Balaban J connectivity index is 1.24. The van der Waals surface area contributed by atoms with Crippen LogP contribution in [-0.4, -0.2) is 58.7 Å². The van der Waals surface area contributed by atoms with E-state index in [-0.39, 0.29) is 11.9 Å². The first-order valence-corrected chi connectivity index (χ1v) is 15.8.